The Balaban J connectivity index is 1.66. The zero-order chi connectivity index (χ0) is 20.3. The van der Waals surface area contributed by atoms with Gasteiger partial charge in [0.2, 0.25) is 0 Å². The van der Waals surface area contributed by atoms with Gasteiger partial charge in [0.05, 0.1) is 6.54 Å². The number of hydrogen-bond donors (Lipinski definition) is 1. The molecule has 0 aliphatic carbocycles. The van der Waals surface area contributed by atoms with Gasteiger partial charge >= 0.3 is 0 Å². The van der Waals surface area contributed by atoms with E-state index in [1.54, 1.807) is 4.90 Å². The lowest BCUT2D eigenvalue weighted by Crippen LogP contribution is -2.53. The molecule has 1 fully saturated rings. The molecule has 150 valence electrons. The van der Waals surface area contributed by atoms with Crippen molar-refractivity contribution in [2.45, 2.75) is 45.6 Å². The van der Waals surface area contributed by atoms with Crippen LogP contribution < -0.4 is 4.74 Å². The molecular formula is C23H28ClNO3. The quantitative estimate of drug-likeness (QED) is 0.798. The molecule has 28 heavy (non-hydrogen) atoms. The second kappa shape index (κ2) is 8.54. The van der Waals surface area contributed by atoms with Gasteiger partial charge in [-0.05, 0) is 74.1 Å². The van der Waals surface area contributed by atoms with E-state index >= 15 is 0 Å². The van der Waals surface area contributed by atoms with Gasteiger partial charge in [0.25, 0.3) is 5.91 Å². The Kier molecular flexibility index (Phi) is 6.31. The van der Waals surface area contributed by atoms with Crippen LogP contribution in [0.4, 0.5) is 0 Å². The number of benzene rings is 2. The Bertz CT molecular complexity index is 826. The smallest absolute Gasteiger partial charge is 0.253 e. The summed E-state index contributed by atoms with van der Waals surface area (Å²) in [7, 11) is 0. The molecule has 1 saturated heterocycles. The first-order valence-electron chi connectivity index (χ1n) is 9.81. The fourth-order valence-electron chi connectivity index (χ4n) is 3.68. The van der Waals surface area contributed by atoms with Gasteiger partial charge in [-0.15, -0.1) is 0 Å². The minimum atomic E-state index is -1.06. The number of nitrogens with zero attached hydrogens (tertiary/aromatic N) is 1. The lowest BCUT2D eigenvalue weighted by molar-refractivity contribution is -0.0532. The molecule has 4 nitrogen and oxygen atoms in total. The minimum absolute atomic E-state index is 0.0426. The van der Waals surface area contributed by atoms with E-state index in [0.29, 0.717) is 24.3 Å². The first-order valence-corrected chi connectivity index (χ1v) is 10.2. The zero-order valence-corrected chi connectivity index (χ0v) is 17.6. The predicted molar refractivity (Wildman–Crippen MR) is 112 cm³/mol. The molecular weight excluding hydrogens is 374 g/mol. The largest absolute Gasteiger partial charge is 0.491 e. The van der Waals surface area contributed by atoms with Gasteiger partial charge in [0.1, 0.15) is 18.0 Å². The van der Waals surface area contributed by atoms with Crippen LogP contribution in [0.25, 0.3) is 0 Å². The highest BCUT2D eigenvalue weighted by molar-refractivity contribution is 6.32. The van der Waals surface area contributed by atoms with E-state index in [9.17, 15) is 9.90 Å². The summed E-state index contributed by atoms with van der Waals surface area (Å²) in [6, 6.07) is 11.4. The second-order valence-electron chi connectivity index (χ2n) is 7.76. The molecule has 1 unspecified atom stereocenters. The molecule has 1 atom stereocenters. The predicted octanol–water partition coefficient (Wildman–Crippen LogP) is 4.57. The molecule has 0 bridgehead atoms. The summed E-state index contributed by atoms with van der Waals surface area (Å²) in [5, 5.41) is 11.8. The standard InChI is InChI=1S/C23H28ClNO3/c1-4-18-6-8-19(9-7-18)22(26)25-11-5-10-23(27,14-25)15-28-20-12-16(2)21(24)17(3)13-20/h6-9,12-13,27H,4-5,10-11,14-15H2,1-3H3. The van der Waals surface area contributed by atoms with Crippen LogP contribution in [0, 0.1) is 13.8 Å². The van der Waals surface area contributed by atoms with Crippen LogP contribution in [0.15, 0.2) is 36.4 Å². The SMILES string of the molecule is CCc1ccc(C(=O)N2CCCC(O)(COc3cc(C)c(Cl)c(C)c3)C2)cc1. The van der Waals surface area contributed by atoms with Gasteiger partial charge in [-0.2, -0.15) is 0 Å². The highest BCUT2D eigenvalue weighted by Crippen LogP contribution is 2.28. The number of β-amino-alcohol motifs (C(OH)–C–C–N with tert-alkyl or cyclic N) is 1. The van der Waals surface area contributed by atoms with Crippen LogP contribution in [0.5, 0.6) is 5.75 Å². The Morgan fingerprint density at radius 3 is 2.46 bits per heavy atom. The van der Waals surface area contributed by atoms with Gasteiger partial charge in [-0.3, -0.25) is 4.79 Å². The normalized spacial score (nSPS) is 19.5. The third-order valence-electron chi connectivity index (χ3n) is 5.37. The summed E-state index contributed by atoms with van der Waals surface area (Å²) in [5.41, 5.74) is 2.69. The van der Waals surface area contributed by atoms with Crippen molar-refractivity contribution in [3.63, 3.8) is 0 Å². The summed E-state index contributed by atoms with van der Waals surface area (Å²) in [6.07, 6.45) is 2.30. The van der Waals surface area contributed by atoms with Crippen molar-refractivity contribution in [2.75, 3.05) is 19.7 Å². The van der Waals surface area contributed by atoms with Crippen molar-refractivity contribution >= 4 is 17.5 Å². The van der Waals surface area contributed by atoms with E-state index in [-0.39, 0.29) is 19.1 Å². The number of halogens is 1. The highest BCUT2D eigenvalue weighted by Gasteiger charge is 2.36. The van der Waals surface area contributed by atoms with E-state index in [0.717, 1.165) is 29.0 Å². The lowest BCUT2D eigenvalue weighted by Gasteiger charge is -2.39. The fraction of sp³-hybridized carbons (Fsp3) is 0.435. The molecule has 1 heterocycles. The maximum absolute atomic E-state index is 12.8. The van der Waals surface area contributed by atoms with Crippen molar-refractivity contribution in [3.05, 3.63) is 63.7 Å². The van der Waals surface area contributed by atoms with Crippen LogP contribution in [0.2, 0.25) is 5.02 Å². The van der Waals surface area contributed by atoms with E-state index in [4.69, 9.17) is 16.3 Å². The number of ether oxygens (including phenoxy) is 1. The Labute approximate surface area is 172 Å². The fourth-order valence-corrected chi connectivity index (χ4v) is 3.79. The van der Waals surface area contributed by atoms with Crippen LogP contribution in [-0.4, -0.2) is 41.2 Å². The summed E-state index contributed by atoms with van der Waals surface area (Å²) in [4.78, 5) is 14.6. The Morgan fingerprint density at radius 1 is 1.21 bits per heavy atom. The highest BCUT2D eigenvalue weighted by atomic mass is 35.5. The Morgan fingerprint density at radius 2 is 1.86 bits per heavy atom. The lowest BCUT2D eigenvalue weighted by atomic mass is 9.93. The third-order valence-corrected chi connectivity index (χ3v) is 5.97. The van der Waals surface area contributed by atoms with Gasteiger partial charge in [-0.25, -0.2) is 0 Å². The average Bonchev–Trinajstić information content (AvgIpc) is 2.70. The van der Waals surface area contributed by atoms with E-state index < -0.39 is 5.60 Å². The molecule has 3 rings (SSSR count). The summed E-state index contributed by atoms with van der Waals surface area (Å²) in [6.45, 7) is 7.02. The summed E-state index contributed by atoms with van der Waals surface area (Å²) < 4.78 is 5.88. The molecule has 0 saturated carbocycles. The number of likely N-dealkylation sites (tertiary alicyclic amines) is 1. The van der Waals surface area contributed by atoms with E-state index in [2.05, 4.69) is 6.92 Å². The van der Waals surface area contributed by atoms with Crippen molar-refractivity contribution in [3.8, 4) is 5.75 Å². The molecule has 1 amide bonds. The van der Waals surface area contributed by atoms with Gasteiger partial charge in [-0.1, -0.05) is 30.7 Å². The molecule has 1 aliphatic heterocycles. The van der Waals surface area contributed by atoms with Gasteiger partial charge in [0, 0.05) is 17.1 Å². The number of piperidine rings is 1. The first-order chi connectivity index (χ1) is 13.3. The molecule has 1 aliphatic rings. The number of rotatable bonds is 5. The number of carbonyl (C=O) groups excluding carboxylic acids is 1. The number of aliphatic hydroxyl groups is 1. The Hall–Kier alpha value is -2.04. The molecule has 0 spiro atoms. The van der Waals surface area contributed by atoms with Gasteiger partial charge < -0.3 is 14.7 Å². The molecule has 2 aromatic carbocycles. The average molecular weight is 402 g/mol. The van der Waals surface area contributed by atoms with Crippen LogP contribution in [-0.2, 0) is 6.42 Å². The van der Waals surface area contributed by atoms with E-state index in [1.807, 2.05) is 50.2 Å². The monoisotopic (exact) mass is 401 g/mol. The van der Waals surface area contributed by atoms with Crippen LogP contribution in [0.3, 0.4) is 0 Å². The molecule has 0 aromatic heterocycles. The number of hydrogen-bond acceptors (Lipinski definition) is 3. The minimum Gasteiger partial charge on any atom is -0.491 e. The number of amides is 1. The summed E-state index contributed by atoms with van der Waals surface area (Å²) >= 11 is 6.21. The van der Waals surface area contributed by atoms with Crippen molar-refractivity contribution in [1.82, 2.24) is 4.90 Å². The second-order valence-corrected chi connectivity index (χ2v) is 8.14. The first kappa shape index (κ1) is 20.7. The third kappa shape index (κ3) is 4.68. The van der Waals surface area contributed by atoms with Crippen LogP contribution in [0.1, 0.15) is 46.8 Å². The van der Waals surface area contributed by atoms with Gasteiger partial charge in [0.15, 0.2) is 0 Å². The number of carbonyl (C=O) groups is 1. The molecule has 2 aromatic rings. The maximum Gasteiger partial charge on any atom is 0.253 e. The topological polar surface area (TPSA) is 49.8 Å². The number of aryl methyl sites for hydroxylation is 3. The maximum atomic E-state index is 12.8. The molecule has 5 heteroatoms. The zero-order valence-electron chi connectivity index (χ0n) is 16.8. The van der Waals surface area contributed by atoms with Crippen molar-refractivity contribution in [1.29, 1.82) is 0 Å². The molecule has 1 N–H and O–H groups in total. The summed E-state index contributed by atoms with van der Waals surface area (Å²) in [5.74, 6) is 0.644. The molecule has 0 radical (unpaired) electrons. The van der Waals surface area contributed by atoms with Crippen molar-refractivity contribution < 1.29 is 14.6 Å². The van der Waals surface area contributed by atoms with E-state index in [1.165, 1.54) is 5.56 Å². The van der Waals surface area contributed by atoms with Crippen molar-refractivity contribution in [2.24, 2.45) is 0 Å². The van der Waals surface area contributed by atoms with Crippen LogP contribution >= 0.6 is 11.6 Å².